The maximum Gasteiger partial charge on any atom is 0.262 e. The molecule has 6 heteroatoms. The van der Waals surface area contributed by atoms with Crippen LogP contribution in [-0.4, -0.2) is 35.8 Å². The highest BCUT2D eigenvalue weighted by Gasteiger charge is 2.32. The summed E-state index contributed by atoms with van der Waals surface area (Å²) in [6.45, 7) is 7.35. The van der Waals surface area contributed by atoms with Crippen LogP contribution in [0.5, 0.6) is 0 Å². The highest BCUT2D eigenvalue weighted by Crippen LogP contribution is 2.31. The van der Waals surface area contributed by atoms with Crippen molar-refractivity contribution in [3.8, 4) is 0 Å². The Balaban J connectivity index is 0.00000306. The fourth-order valence-corrected chi connectivity index (χ4v) is 5.71. The number of hydrogen-bond donors (Lipinski definition) is 1. The van der Waals surface area contributed by atoms with Crippen LogP contribution in [0, 0.1) is 12.8 Å². The van der Waals surface area contributed by atoms with E-state index in [2.05, 4.69) is 17.4 Å². The van der Waals surface area contributed by atoms with Crippen LogP contribution in [-0.2, 0) is 4.79 Å². The van der Waals surface area contributed by atoms with Gasteiger partial charge in [-0.05, 0) is 66.3 Å². The summed E-state index contributed by atoms with van der Waals surface area (Å²) in [5.41, 5.74) is 2.25. The van der Waals surface area contributed by atoms with E-state index in [4.69, 9.17) is 11.6 Å². The number of hydrogen-bond acceptors (Lipinski definition) is 3. The van der Waals surface area contributed by atoms with Crippen LogP contribution in [0.2, 0.25) is 5.02 Å². The van der Waals surface area contributed by atoms with Gasteiger partial charge >= 0.3 is 0 Å². The summed E-state index contributed by atoms with van der Waals surface area (Å²) in [4.78, 5) is 29.1. The van der Waals surface area contributed by atoms with Gasteiger partial charge in [0.05, 0.1) is 4.88 Å². The molecule has 1 fully saturated rings. The Morgan fingerprint density at radius 3 is 2.30 bits per heavy atom. The number of fused-ring (bicyclic) bond motifs is 1. The van der Waals surface area contributed by atoms with E-state index >= 15 is 0 Å². The zero-order valence-corrected chi connectivity index (χ0v) is 20.3. The van der Waals surface area contributed by atoms with E-state index in [1.807, 2.05) is 62.1 Å². The van der Waals surface area contributed by atoms with Gasteiger partial charge in [-0.25, -0.2) is 0 Å². The third kappa shape index (κ3) is 5.42. The van der Waals surface area contributed by atoms with Crippen molar-refractivity contribution in [3.63, 3.8) is 0 Å². The summed E-state index contributed by atoms with van der Waals surface area (Å²) in [5, 5.41) is 4.88. The van der Waals surface area contributed by atoms with Gasteiger partial charge in [0.2, 0.25) is 5.91 Å². The molecular formula is C27H33ClN2O2S. The molecule has 176 valence electrons. The Bertz CT molecular complexity index is 1110. The second kappa shape index (κ2) is 10.7. The SMILES string of the molecule is C.Cc1c(C(=O)N[C@@H](C(=O)N2CCC(c3ccc(Cl)cc3)CC2)C(C)C)sc2ccccc12. The molecule has 3 aromatic rings. The van der Waals surface area contributed by atoms with Crippen LogP contribution >= 0.6 is 22.9 Å². The number of likely N-dealkylation sites (tertiary alicyclic amines) is 1. The summed E-state index contributed by atoms with van der Waals surface area (Å²) < 4.78 is 1.09. The quantitative estimate of drug-likeness (QED) is 0.440. The molecule has 0 aliphatic carbocycles. The number of rotatable bonds is 5. The number of carbonyl (C=O) groups is 2. The number of nitrogens with one attached hydrogen (secondary N) is 1. The molecule has 1 saturated heterocycles. The third-order valence-corrected chi connectivity index (χ3v) is 7.94. The minimum absolute atomic E-state index is 0. The van der Waals surface area contributed by atoms with Gasteiger partial charge in [-0.2, -0.15) is 0 Å². The molecule has 1 aliphatic rings. The van der Waals surface area contributed by atoms with Crippen LogP contribution in [0.25, 0.3) is 10.1 Å². The normalized spacial score (nSPS) is 15.4. The maximum atomic E-state index is 13.3. The molecule has 0 spiro atoms. The van der Waals surface area contributed by atoms with Gasteiger partial charge in [0.15, 0.2) is 0 Å². The molecule has 4 nitrogen and oxygen atoms in total. The Morgan fingerprint density at radius 1 is 1.06 bits per heavy atom. The number of amides is 2. The van der Waals surface area contributed by atoms with E-state index in [1.54, 1.807) is 0 Å². The summed E-state index contributed by atoms with van der Waals surface area (Å²) in [6.07, 6.45) is 1.84. The first-order valence-corrected chi connectivity index (χ1v) is 12.4. The predicted molar refractivity (Wildman–Crippen MR) is 139 cm³/mol. The average Bonchev–Trinajstić information content (AvgIpc) is 3.14. The smallest absolute Gasteiger partial charge is 0.262 e. The fraction of sp³-hybridized carbons (Fsp3) is 0.407. The second-order valence-corrected chi connectivity index (χ2v) is 10.4. The first-order chi connectivity index (χ1) is 15.3. The number of carbonyl (C=O) groups excluding carboxylic acids is 2. The lowest BCUT2D eigenvalue weighted by Gasteiger charge is -2.35. The average molecular weight is 485 g/mol. The lowest BCUT2D eigenvalue weighted by Crippen LogP contribution is -2.52. The van der Waals surface area contributed by atoms with Crippen molar-refractivity contribution < 1.29 is 9.59 Å². The van der Waals surface area contributed by atoms with E-state index in [0.29, 0.717) is 23.9 Å². The summed E-state index contributed by atoms with van der Waals surface area (Å²) in [5.74, 6) is 0.299. The Kier molecular flexibility index (Phi) is 8.19. The molecular weight excluding hydrogens is 452 g/mol. The van der Waals surface area contributed by atoms with Crippen molar-refractivity contribution >= 4 is 44.8 Å². The number of thiophene rings is 1. The summed E-state index contributed by atoms with van der Waals surface area (Å²) >= 11 is 7.50. The van der Waals surface area contributed by atoms with Crippen molar-refractivity contribution in [2.45, 2.75) is 53.0 Å². The monoisotopic (exact) mass is 484 g/mol. The molecule has 2 heterocycles. The molecule has 1 N–H and O–H groups in total. The number of halogens is 1. The van der Waals surface area contributed by atoms with Crippen LogP contribution in [0.15, 0.2) is 48.5 Å². The molecule has 1 aromatic heterocycles. The van der Waals surface area contributed by atoms with E-state index in [9.17, 15) is 9.59 Å². The lowest BCUT2D eigenvalue weighted by atomic mass is 9.89. The molecule has 1 atom stereocenters. The van der Waals surface area contributed by atoms with E-state index < -0.39 is 6.04 Å². The summed E-state index contributed by atoms with van der Waals surface area (Å²) in [6, 6.07) is 15.5. The summed E-state index contributed by atoms with van der Waals surface area (Å²) in [7, 11) is 0. The predicted octanol–water partition coefficient (Wildman–Crippen LogP) is 6.66. The number of piperidine rings is 1. The zero-order valence-electron chi connectivity index (χ0n) is 18.7. The van der Waals surface area contributed by atoms with Gasteiger partial charge in [0, 0.05) is 22.8 Å². The standard InChI is InChI=1S/C26H29ClN2O2S.CH4/c1-16(2)23(28-25(30)24-17(3)21-6-4-5-7-22(21)32-24)26(31)29-14-12-19(13-15-29)18-8-10-20(27)11-9-18;/h4-11,16,19,23H,12-15H2,1-3H3,(H,28,30);1H4/t23-;/m1./s1. The Morgan fingerprint density at radius 2 is 1.70 bits per heavy atom. The molecule has 2 amide bonds. The highest BCUT2D eigenvalue weighted by molar-refractivity contribution is 7.21. The minimum Gasteiger partial charge on any atom is -0.341 e. The van der Waals surface area contributed by atoms with Crippen molar-refractivity contribution in [1.82, 2.24) is 10.2 Å². The van der Waals surface area contributed by atoms with Gasteiger partial charge in [0.25, 0.3) is 5.91 Å². The lowest BCUT2D eigenvalue weighted by molar-refractivity contribution is -0.135. The first-order valence-electron chi connectivity index (χ1n) is 11.2. The van der Waals surface area contributed by atoms with Gasteiger partial charge in [-0.1, -0.05) is 63.2 Å². The molecule has 33 heavy (non-hydrogen) atoms. The van der Waals surface area contributed by atoms with Crippen LogP contribution in [0.1, 0.15) is 60.8 Å². The first kappa shape index (κ1) is 25.3. The Hall–Kier alpha value is -2.37. The highest BCUT2D eigenvalue weighted by atomic mass is 35.5. The topological polar surface area (TPSA) is 49.4 Å². The second-order valence-electron chi connectivity index (χ2n) is 8.90. The van der Waals surface area contributed by atoms with Crippen LogP contribution in [0.4, 0.5) is 0 Å². The Labute approximate surface area is 205 Å². The molecule has 2 aromatic carbocycles. The number of nitrogens with zero attached hydrogens (tertiary/aromatic N) is 1. The van der Waals surface area contributed by atoms with Crippen LogP contribution in [0.3, 0.4) is 0 Å². The van der Waals surface area contributed by atoms with E-state index in [-0.39, 0.29) is 25.2 Å². The molecule has 0 radical (unpaired) electrons. The van der Waals surface area contributed by atoms with Crippen molar-refractivity contribution in [1.29, 1.82) is 0 Å². The zero-order chi connectivity index (χ0) is 22.8. The minimum atomic E-state index is -0.529. The van der Waals surface area contributed by atoms with E-state index in [0.717, 1.165) is 33.5 Å². The number of benzene rings is 2. The van der Waals surface area contributed by atoms with Gasteiger partial charge in [-0.15, -0.1) is 11.3 Å². The van der Waals surface area contributed by atoms with Crippen molar-refractivity contribution in [3.05, 3.63) is 69.6 Å². The maximum absolute atomic E-state index is 13.3. The fourth-order valence-electron chi connectivity index (χ4n) is 4.48. The van der Waals surface area contributed by atoms with Gasteiger partial charge in [-0.3, -0.25) is 9.59 Å². The van der Waals surface area contributed by atoms with Crippen molar-refractivity contribution in [2.75, 3.05) is 13.1 Å². The molecule has 4 rings (SSSR count). The molecule has 0 saturated carbocycles. The van der Waals surface area contributed by atoms with Gasteiger partial charge < -0.3 is 10.2 Å². The third-order valence-electron chi connectivity index (χ3n) is 6.42. The van der Waals surface area contributed by atoms with Crippen molar-refractivity contribution in [2.24, 2.45) is 5.92 Å². The van der Waals surface area contributed by atoms with Crippen LogP contribution < -0.4 is 5.32 Å². The van der Waals surface area contributed by atoms with Gasteiger partial charge in [0.1, 0.15) is 6.04 Å². The largest absolute Gasteiger partial charge is 0.341 e. The number of aryl methyl sites for hydroxylation is 1. The molecule has 0 bridgehead atoms. The molecule has 1 aliphatic heterocycles. The molecule has 0 unspecified atom stereocenters. The van der Waals surface area contributed by atoms with E-state index in [1.165, 1.54) is 16.9 Å².